The van der Waals surface area contributed by atoms with E-state index >= 15 is 0 Å². The fraction of sp³-hybridized carbons (Fsp3) is 0.479. The largest absolute Gasteiger partial charge is 0.508 e. The minimum Gasteiger partial charge on any atom is -0.508 e. The molecule has 16 N–H and O–H groups in total. The number of benzene rings is 2. The van der Waals surface area contributed by atoms with Gasteiger partial charge in [-0.3, -0.25) is 43.2 Å². The molecule has 1 saturated heterocycles. The summed E-state index contributed by atoms with van der Waals surface area (Å²) >= 11 is 0. The number of carboxylic acid groups (broad SMARTS) is 1. The number of nitrogens with two attached hydrogens (primary N) is 2. The monoisotopic (exact) mass is 1030 g/mol. The molecule has 26 heteroatoms. The molecule has 0 saturated carbocycles. The summed E-state index contributed by atoms with van der Waals surface area (Å²) in [7, 11) is 0. The molecule has 0 aliphatic carbocycles. The van der Waals surface area contributed by atoms with Crippen LogP contribution in [0.15, 0.2) is 67.1 Å². The van der Waals surface area contributed by atoms with Crippen LogP contribution in [0.4, 0.5) is 0 Å². The molecule has 1 aromatic heterocycles. The number of hydrogen-bond donors (Lipinski definition) is 14. The zero-order valence-electron chi connectivity index (χ0n) is 41.1. The molecule has 0 unspecified atom stereocenters. The number of imidazole rings is 1. The second-order valence-electron chi connectivity index (χ2n) is 18.1. The van der Waals surface area contributed by atoms with Gasteiger partial charge in [0.15, 0.2) is 6.04 Å². The molecule has 2 aromatic carbocycles. The highest BCUT2D eigenvalue weighted by atomic mass is 16.4. The first-order chi connectivity index (χ1) is 35.1. The van der Waals surface area contributed by atoms with Gasteiger partial charge in [0.2, 0.25) is 53.2 Å². The van der Waals surface area contributed by atoms with Crippen LogP contribution in [0.5, 0.6) is 5.75 Å². The number of aromatic amines is 1. The summed E-state index contributed by atoms with van der Waals surface area (Å²) in [4.78, 5) is 140. The summed E-state index contributed by atoms with van der Waals surface area (Å²) in [6, 6.07) is 3.32. The van der Waals surface area contributed by atoms with E-state index in [0.29, 0.717) is 17.7 Å². The van der Waals surface area contributed by atoms with Crippen LogP contribution in [0.2, 0.25) is 0 Å². The third kappa shape index (κ3) is 18.0. The molecule has 4 rings (SSSR count). The number of aromatic hydroxyl groups is 1. The average Bonchev–Trinajstić information content (AvgIpc) is 4.08. The van der Waals surface area contributed by atoms with E-state index in [1.165, 1.54) is 41.7 Å². The number of carbonyl (C=O) groups is 10. The van der Waals surface area contributed by atoms with Gasteiger partial charge in [-0.15, -0.1) is 0 Å². The molecular formula is C48H66N12O14. The highest BCUT2D eigenvalue weighted by Gasteiger charge is 2.41. The van der Waals surface area contributed by atoms with Gasteiger partial charge in [0.25, 0.3) is 0 Å². The Balaban J connectivity index is 1.44. The van der Waals surface area contributed by atoms with Crippen molar-refractivity contribution in [1.82, 2.24) is 52.1 Å². The van der Waals surface area contributed by atoms with E-state index in [-0.39, 0.29) is 50.8 Å². The summed E-state index contributed by atoms with van der Waals surface area (Å²) in [5, 5.41) is 56.6. The Morgan fingerprint density at radius 2 is 1.35 bits per heavy atom. The number of primary amides is 1. The SMILES string of the molecule is CC(C)[C@H](NC(=O)[C@H](Cc1cnc[nH]1)NC(=O)[C@H](CO)NC(=O)CNC(=O)[C@H](CCC(N)=O)NC(=O)[C@@H](N)Cc1ccccc1)C(=O)N1CCC[C@H]1C(=O)N[C@@H](Cc1ccc(O)cc1)C(=O)N[C@H](C(=O)O)[C@@H](C)O. The lowest BCUT2D eigenvalue weighted by atomic mass is 10.0. The lowest BCUT2D eigenvalue weighted by molar-refractivity contribution is -0.146. The van der Waals surface area contributed by atoms with Crippen molar-refractivity contribution in [2.75, 3.05) is 19.7 Å². The van der Waals surface area contributed by atoms with Crippen LogP contribution in [0, 0.1) is 5.92 Å². The van der Waals surface area contributed by atoms with E-state index in [4.69, 9.17) is 11.5 Å². The van der Waals surface area contributed by atoms with Crippen molar-refractivity contribution in [1.29, 1.82) is 0 Å². The Morgan fingerprint density at radius 3 is 1.93 bits per heavy atom. The first-order valence-corrected chi connectivity index (χ1v) is 23.8. The lowest BCUT2D eigenvalue weighted by Gasteiger charge is -2.32. The lowest BCUT2D eigenvalue weighted by Crippen LogP contribution is -2.61. The zero-order valence-corrected chi connectivity index (χ0v) is 41.1. The number of aliphatic carboxylic acids is 1. The quantitative estimate of drug-likeness (QED) is 0.0328. The third-order valence-electron chi connectivity index (χ3n) is 11.9. The van der Waals surface area contributed by atoms with Gasteiger partial charge in [-0.05, 0) is 61.8 Å². The molecule has 2 heterocycles. The van der Waals surface area contributed by atoms with Crippen LogP contribution in [-0.4, -0.2) is 169 Å². The zero-order chi connectivity index (χ0) is 54.6. The van der Waals surface area contributed by atoms with Gasteiger partial charge in [0.05, 0.1) is 31.6 Å². The predicted octanol–water partition coefficient (Wildman–Crippen LogP) is -4.13. The smallest absolute Gasteiger partial charge is 0.328 e. The van der Waals surface area contributed by atoms with Crippen molar-refractivity contribution in [2.24, 2.45) is 17.4 Å². The van der Waals surface area contributed by atoms with Gasteiger partial charge >= 0.3 is 5.97 Å². The van der Waals surface area contributed by atoms with E-state index < -0.39 is 133 Å². The average molecular weight is 1040 g/mol. The molecule has 9 amide bonds. The van der Waals surface area contributed by atoms with Crippen molar-refractivity contribution in [3.8, 4) is 5.75 Å². The van der Waals surface area contributed by atoms with Gasteiger partial charge in [-0.1, -0.05) is 56.3 Å². The second kappa shape index (κ2) is 28.3. The Labute approximate surface area is 425 Å². The summed E-state index contributed by atoms with van der Waals surface area (Å²) in [6.45, 7) is 2.72. The number of aliphatic hydroxyl groups is 2. The van der Waals surface area contributed by atoms with Crippen LogP contribution in [0.3, 0.4) is 0 Å². The van der Waals surface area contributed by atoms with Crippen molar-refractivity contribution < 1.29 is 68.4 Å². The molecule has 9 atom stereocenters. The number of amides is 9. The second-order valence-corrected chi connectivity index (χ2v) is 18.1. The van der Waals surface area contributed by atoms with Crippen LogP contribution in [-0.2, 0) is 67.2 Å². The number of carboxylic acids is 1. The standard InChI is InChI=1S/C48H66N12O14/c1-25(2)39(47(72)60-17-7-10-36(60)46(71)57-33(19-28-11-13-30(63)14-12-28)43(68)59-40(26(3)62)48(73)74)58-44(69)34(20-29-21-51-24-53-29)56-45(70)35(23-61)54-38(65)22-52-42(67)32(15-16-37(50)64)55-41(66)31(49)18-27-8-5-4-6-9-27/h4-6,8-9,11-14,21,24-26,31-36,39-40,61-63H,7,10,15-20,22-23,49H2,1-3H3,(H2,50,64)(H,51,53)(H,52,67)(H,54,65)(H,55,66)(H,56,70)(H,57,71)(H,58,69)(H,59,68)(H,73,74)/t26-,31+,32+,33+,34+,35+,36+,39+,40+/m1/s1. The number of hydrogen-bond acceptors (Lipinski definition) is 15. The summed E-state index contributed by atoms with van der Waals surface area (Å²) in [5.74, 6) is -9.92. The van der Waals surface area contributed by atoms with E-state index in [0.717, 1.165) is 12.5 Å². The van der Waals surface area contributed by atoms with E-state index in [2.05, 4.69) is 47.2 Å². The van der Waals surface area contributed by atoms with Crippen LogP contribution < -0.4 is 48.7 Å². The van der Waals surface area contributed by atoms with Crippen molar-refractivity contribution in [3.05, 3.63) is 83.9 Å². The molecule has 1 aliphatic heterocycles. The number of carbonyl (C=O) groups excluding carboxylic acids is 9. The molecule has 26 nitrogen and oxygen atoms in total. The predicted molar refractivity (Wildman–Crippen MR) is 261 cm³/mol. The first kappa shape index (κ1) is 58.6. The maximum absolute atomic E-state index is 14.4. The molecular weight excluding hydrogens is 969 g/mol. The molecule has 1 aliphatic rings. The number of rotatable bonds is 28. The molecule has 0 bridgehead atoms. The molecule has 74 heavy (non-hydrogen) atoms. The number of phenols is 1. The molecule has 0 radical (unpaired) electrons. The summed E-state index contributed by atoms with van der Waals surface area (Å²) in [6.07, 6.45) is 0.837. The Kier molecular flexibility index (Phi) is 22.4. The fourth-order valence-electron chi connectivity index (χ4n) is 7.86. The Hall–Kier alpha value is -7.97. The van der Waals surface area contributed by atoms with Crippen molar-refractivity contribution >= 4 is 59.1 Å². The summed E-state index contributed by atoms with van der Waals surface area (Å²) in [5.41, 5.74) is 12.9. The van der Waals surface area contributed by atoms with Gasteiger partial charge in [-0.2, -0.15) is 0 Å². The number of nitrogens with zero attached hydrogens (tertiary/aromatic N) is 2. The molecule has 1 fully saturated rings. The van der Waals surface area contributed by atoms with Gasteiger partial charge in [-0.25, -0.2) is 9.78 Å². The molecule has 0 spiro atoms. The number of phenolic OH excluding ortho intramolecular Hbond substituents is 1. The normalized spacial score (nSPS) is 16.4. The number of aliphatic hydroxyl groups excluding tert-OH is 2. The number of likely N-dealkylation sites (tertiary alicyclic amines) is 1. The maximum Gasteiger partial charge on any atom is 0.328 e. The van der Waals surface area contributed by atoms with E-state index in [1.54, 1.807) is 44.2 Å². The maximum atomic E-state index is 14.4. The summed E-state index contributed by atoms with van der Waals surface area (Å²) < 4.78 is 0. The highest BCUT2D eigenvalue weighted by molar-refractivity contribution is 5.98. The number of nitrogens with one attached hydrogen (secondary N) is 8. The van der Waals surface area contributed by atoms with E-state index in [9.17, 15) is 68.4 Å². The third-order valence-corrected chi connectivity index (χ3v) is 11.9. The topological polar surface area (TPSA) is 420 Å². The van der Waals surface area contributed by atoms with Gasteiger partial charge < -0.3 is 79.0 Å². The van der Waals surface area contributed by atoms with Crippen molar-refractivity contribution in [2.45, 2.75) is 120 Å². The minimum atomic E-state index is -1.73. The van der Waals surface area contributed by atoms with E-state index in [1.807, 2.05) is 0 Å². The first-order valence-electron chi connectivity index (χ1n) is 23.8. The van der Waals surface area contributed by atoms with Crippen LogP contribution in [0.25, 0.3) is 0 Å². The molecule has 402 valence electrons. The molecule has 3 aromatic rings. The Bertz CT molecular complexity index is 2420. The number of aromatic nitrogens is 2. The van der Waals surface area contributed by atoms with Crippen LogP contribution in [0.1, 0.15) is 63.3 Å². The Morgan fingerprint density at radius 1 is 0.743 bits per heavy atom. The number of H-pyrrole nitrogens is 1. The van der Waals surface area contributed by atoms with Crippen molar-refractivity contribution in [3.63, 3.8) is 0 Å². The fourth-order valence-corrected chi connectivity index (χ4v) is 7.86. The highest BCUT2D eigenvalue weighted by Crippen LogP contribution is 2.22. The minimum absolute atomic E-state index is 0.0617. The van der Waals surface area contributed by atoms with Crippen LogP contribution >= 0.6 is 0 Å². The van der Waals surface area contributed by atoms with Gasteiger partial charge in [0.1, 0.15) is 42.0 Å². The van der Waals surface area contributed by atoms with Gasteiger partial charge in [0, 0.05) is 37.7 Å².